The molecule has 0 aromatic heterocycles. The topological polar surface area (TPSA) is 55.7 Å². The highest BCUT2D eigenvalue weighted by atomic mass is 35.5. The molecule has 4 fully saturated rings. The minimum atomic E-state index is -1.72. The molecule has 4 aliphatic rings. The SMILES string of the molecule is C#CC/C(Cl)=C(\C=C(\F)CC(=O)[SH](C)N=O)OCC12CC3CC(CC(C3)C1)C2. The number of hydrogen-bond donors (Lipinski definition) is 1. The van der Waals surface area contributed by atoms with Crippen LogP contribution in [0.2, 0.25) is 0 Å². The minimum absolute atomic E-state index is 0.131. The molecule has 0 radical (unpaired) electrons. The molecule has 0 aromatic rings. The van der Waals surface area contributed by atoms with E-state index in [1.54, 1.807) is 0 Å². The van der Waals surface area contributed by atoms with Crippen molar-refractivity contribution in [3.05, 3.63) is 27.6 Å². The molecule has 1 unspecified atom stereocenters. The summed E-state index contributed by atoms with van der Waals surface area (Å²) in [7, 11) is 0. The van der Waals surface area contributed by atoms with Gasteiger partial charge in [0, 0.05) is 17.9 Å². The largest absolute Gasteiger partial charge is 0.492 e. The maximum Gasteiger partial charge on any atom is 0.197 e. The molecule has 154 valence electrons. The molecule has 1 atom stereocenters. The lowest BCUT2D eigenvalue weighted by atomic mass is 9.50. The Morgan fingerprint density at radius 2 is 1.89 bits per heavy atom. The number of allylic oxidation sites excluding steroid dienone is 3. The van der Waals surface area contributed by atoms with Gasteiger partial charge in [-0.3, -0.25) is 4.79 Å². The Kier molecular flexibility index (Phi) is 6.88. The second-order valence-corrected chi connectivity index (χ2v) is 10.8. The number of carbonyl (C=O) groups excluding carboxylic acids is 1. The van der Waals surface area contributed by atoms with Crippen molar-refractivity contribution in [1.29, 1.82) is 0 Å². The van der Waals surface area contributed by atoms with Gasteiger partial charge in [-0.25, -0.2) is 4.39 Å². The number of ether oxygens (including phenoxy) is 1. The van der Waals surface area contributed by atoms with Crippen molar-refractivity contribution in [2.24, 2.45) is 27.8 Å². The predicted molar refractivity (Wildman–Crippen MR) is 112 cm³/mol. The van der Waals surface area contributed by atoms with Gasteiger partial charge in [-0.1, -0.05) is 22.7 Å². The predicted octanol–water partition coefficient (Wildman–Crippen LogP) is 5.78. The summed E-state index contributed by atoms with van der Waals surface area (Å²) >= 11 is 4.54. The van der Waals surface area contributed by atoms with Crippen molar-refractivity contribution in [1.82, 2.24) is 0 Å². The molecule has 0 heterocycles. The van der Waals surface area contributed by atoms with Crippen LogP contribution in [0.1, 0.15) is 51.4 Å². The Bertz CT molecular complexity index is 707. The lowest BCUT2D eigenvalue weighted by Crippen LogP contribution is -2.48. The number of nitrogens with zero attached hydrogens (tertiary/aromatic N) is 1. The number of hydrogen-bond acceptors (Lipinski definition) is 4. The van der Waals surface area contributed by atoms with E-state index in [1.807, 2.05) is 0 Å². The number of carbonyl (C=O) groups is 1. The summed E-state index contributed by atoms with van der Waals surface area (Å²) in [6.07, 6.45) is 15.0. The summed E-state index contributed by atoms with van der Waals surface area (Å²) in [6, 6.07) is 0. The molecular formula is C21H27ClFNO3S. The Morgan fingerprint density at radius 1 is 1.32 bits per heavy atom. The van der Waals surface area contributed by atoms with Gasteiger partial charge in [-0.05, 0) is 67.1 Å². The fourth-order valence-corrected chi connectivity index (χ4v) is 6.23. The van der Waals surface area contributed by atoms with E-state index in [2.05, 4.69) is 10.5 Å². The first-order valence-electron chi connectivity index (χ1n) is 9.75. The Labute approximate surface area is 173 Å². The van der Waals surface area contributed by atoms with Crippen molar-refractivity contribution in [3.63, 3.8) is 0 Å². The van der Waals surface area contributed by atoms with Gasteiger partial charge in [-0.15, -0.1) is 17.3 Å². The van der Waals surface area contributed by atoms with Gasteiger partial charge in [0.2, 0.25) is 0 Å². The smallest absolute Gasteiger partial charge is 0.197 e. The van der Waals surface area contributed by atoms with Crippen LogP contribution >= 0.6 is 22.7 Å². The van der Waals surface area contributed by atoms with Crippen LogP contribution in [-0.4, -0.2) is 18.0 Å². The summed E-state index contributed by atoms with van der Waals surface area (Å²) in [5.74, 6) is 4.30. The molecule has 0 N–H and O–H groups in total. The molecule has 0 aromatic carbocycles. The molecule has 4 bridgehead atoms. The summed E-state index contributed by atoms with van der Waals surface area (Å²) in [5.41, 5.74) is 0.145. The zero-order valence-electron chi connectivity index (χ0n) is 16.1. The third kappa shape index (κ3) is 4.99. The van der Waals surface area contributed by atoms with Crippen molar-refractivity contribution in [3.8, 4) is 12.3 Å². The van der Waals surface area contributed by atoms with Gasteiger partial charge in [0.05, 0.1) is 18.1 Å². The number of nitroso groups, excluding NO2 is 1. The minimum Gasteiger partial charge on any atom is -0.492 e. The molecular weight excluding hydrogens is 401 g/mol. The monoisotopic (exact) mass is 427 g/mol. The number of thiol groups is 1. The molecule has 0 aliphatic heterocycles. The first kappa shape index (κ1) is 21.4. The van der Waals surface area contributed by atoms with Crippen LogP contribution in [0.5, 0.6) is 0 Å². The van der Waals surface area contributed by atoms with Crippen molar-refractivity contribution < 1.29 is 13.9 Å². The maximum atomic E-state index is 14.4. The molecule has 4 nitrogen and oxygen atoms in total. The highest BCUT2D eigenvalue weighted by molar-refractivity contribution is 8.28. The molecule has 28 heavy (non-hydrogen) atoms. The van der Waals surface area contributed by atoms with E-state index in [4.69, 9.17) is 22.8 Å². The molecule has 4 saturated carbocycles. The fourth-order valence-electron chi connectivity index (χ4n) is 5.57. The lowest BCUT2D eigenvalue weighted by molar-refractivity contribution is -0.110. The Hall–Kier alpha value is -1.32. The third-order valence-electron chi connectivity index (χ3n) is 6.31. The van der Waals surface area contributed by atoms with Gasteiger partial charge in [0.25, 0.3) is 0 Å². The van der Waals surface area contributed by atoms with Crippen LogP contribution in [0.15, 0.2) is 27.3 Å². The van der Waals surface area contributed by atoms with Crippen LogP contribution in [0.3, 0.4) is 0 Å². The van der Waals surface area contributed by atoms with E-state index in [0.29, 0.717) is 6.61 Å². The van der Waals surface area contributed by atoms with Crippen molar-refractivity contribution in [2.45, 2.75) is 51.4 Å². The van der Waals surface area contributed by atoms with Crippen LogP contribution in [-0.2, 0) is 9.53 Å². The number of halogens is 2. The van der Waals surface area contributed by atoms with E-state index in [9.17, 15) is 14.1 Å². The van der Waals surface area contributed by atoms with Gasteiger partial charge >= 0.3 is 0 Å². The van der Waals surface area contributed by atoms with E-state index >= 15 is 0 Å². The average Bonchev–Trinajstić information content (AvgIpc) is 2.63. The second kappa shape index (κ2) is 9.00. The first-order valence-corrected chi connectivity index (χ1v) is 11.9. The normalized spacial score (nSPS) is 33.7. The van der Waals surface area contributed by atoms with Crippen molar-refractivity contribution in [2.75, 3.05) is 12.9 Å². The fraction of sp³-hybridized carbons (Fsp3) is 0.667. The van der Waals surface area contributed by atoms with Gasteiger partial charge in [-0.2, -0.15) is 0 Å². The lowest BCUT2D eigenvalue weighted by Gasteiger charge is -2.56. The molecule has 0 saturated heterocycles. The molecule has 7 heteroatoms. The number of rotatable bonds is 8. The van der Waals surface area contributed by atoms with Gasteiger partial charge < -0.3 is 4.74 Å². The standard InChI is InChI=1S/C21H27ClFNO3S/c1-3-4-18(22)19(8-17(23)9-20(25)28(2)24-26)27-13-21-10-14-5-15(11-21)7-16(6-14)12-21/h1,8,14-16,28H,4-7,9-13H2,2H3/b17-8+,19-18-. The van der Waals surface area contributed by atoms with Crippen LogP contribution in [0, 0.1) is 40.4 Å². The van der Waals surface area contributed by atoms with Crippen LogP contribution < -0.4 is 0 Å². The van der Waals surface area contributed by atoms with Crippen LogP contribution in [0.4, 0.5) is 4.39 Å². The summed E-state index contributed by atoms with van der Waals surface area (Å²) in [4.78, 5) is 22.3. The summed E-state index contributed by atoms with van der Waals surface area (Å²) in [6.45, 7) is 0.501. The molecule has 0 spiro atoms. The molecule has 4 aliphatic carbocycles. The van der Waals surface area contributed by atoms with Gasteiger partial charge in [0.1, 0.15) is 11.6 Å². The quantitative estimate of drug-likeness (QED) is 0.176. The Balaban J connectivity index is 1.70. The van der Waals surface area contributed by atoms with Gasteiger partial charge in [0.15, 0.2) is 5.12 Å². The maximum absolute atomic E-state index is 14.4. The van der Waals surface area contributed by atoms with E-state index < -0.39 is 28.4 Å². The summed E-state index contributed by atoms with van der Waals surface area (Å²) in [5, 5.41) is -0.269. The van der Waals surface area contributed by atoms with Crippen LogP contribution in [0.25, 0.3) is 0 Å². The van der Waals surface area contributed by atoms with E-state index in [0.717, 1.165) is 43.1 Å². The van der Waals surface area contributed by atoms with E-state index in [1.165, 1.54) is 25.5 Å². The second-order valence-electron chi connectivity index (χ2n) is 8.62. The highest BCUT2D eigenvalue weighted by Crippen LogP contribution is 2.60. The van der Waals surface area contributed by atoms with E-state index in [-0.39, 0.29) is 22.6 Å². The van der Waals surface area contributed by atoms with Crippen molar-refractivity contribution >= 4 is 27.8 Å². The third-order valence-corrected chi connectivity index (χ3v) is 7.76. The average molecular weight is 428 g/mol. The Morgan fingerprint density at radius 3 is 2.39 bits per heavy atom. The summed E-state index contributed by atoms with van der Waals surface area (Å²) < 4.78 is 23.1. The molecule has 0 amide bonds. The zero-order chi connectivity index (χ0) is 20.3. The first-order chi connectivity index (χ1) is 13.3. The number of terminal acetylenes is 1. The molecule has 4 rings (SSSR count). The zero-order valence-corrected chi connectivity index (χ0v) is 17.8. The highest BCUT2D eigenvalue weighted by Gasteiger charge is 2.51.